The molecule has 0 bridgehead atoms. The minimum atomic E-state index is -3.80. The first kappa shape index (κ1) is 13.2. The molecule has 1 rings (SSSR count). The highest BCUT2D eigenvalue weighted by atomic mass is 32.2. The van der Waals surface area contributed by atoms with E-state index in [0.717, 1.165) is 4.31 Å². The molecule has 0 aliphatic heterocycles. The molecule has 0 fully saturated rings. The summed E-state index contributed by atoms with van der Waals surface area (Å²) < 4.78 is 25.2. The first-order valence-electron chi connectivity index (χ1n) is 4.82. The Morgan fingerprint density at radius 3 is 2.41 bits per heavy atom. The molecule has 0 aromatic heterocycles. The average Bonchev–Trinajstić information content (AvgIpc) is 2.36. The average molecular weight is 249 g/mol. The van der Waals surface area contributed by atoms with Crippen LogP contribution >= 0.6 is 0 Å². The Morgan fingerprint density at radius 1 is 1.29 bits per heavy atom. The Kier molecular flexibility index (Phi) is 3.84. The topological polar surface area (TPSA) is 85.0 Å². The number of sulfonamides is 1. The SMILES string of the molecule is CC(C#N)N(C)S(=O)(=O)c1ccccc1C#N. The normalized spacial score (nSPS) is 12.8. The molecule has 6 heteroatoms. The van der Waals surface area contributed by atoms with Gasteiger partial charge < -0.3 is 0 Å². The molecule has 0 spiro atoms. The summed E-state index contributed by atoms with van der Waals surface area (Å²) in [6.07, 6.45) is 0. The summed E-state index contributed by atoms with van der Waals surface area (Å²) in [4.78, 5) is -0.0768. The van der Waals surface area contributed by atoms with E-state index in [1.54, 1.807) is 12.1 Å². The monoisotopic (exact) mass is 249 g/mol. The summed E-state index contributed by atoms with van der Waals surface area (Å²) in [6, 6.07) is 8.79. The van der Waals surface area contributed by atoms with Gasteiger partial charge in [0.15, 0.2) is 0 Å². The van der Waals surface area contributed by atoms with Gasteiger partial charge in [-0.2, -0.15) is 14.8 Å². The van der Waals surface area contributed by atoms with Crippen LogP contribution in [0.4, 0.5) is 0 Å². The fourth-order valence-electron chi connectivity index (χ4n) is 1.23. The summed E-state index contributed by atoms with van der Waals surface area (Å²) in [5, 5.41) is 17.6. The Labute approximate surface area is 101 Å². The maximum absolute atomic E-state index is 12.1. The van der Waals surface area contributed by atoms with E-state index in [1.807, 2.05) is 12.1 Å². The lowest BCUT2D eigenvalue weighted by atomic mass is 10.2. The zero-order valence-electron chi connectivity index (χ0n) is 9.45. The third-order valence-corrected chi connectivity index (χ3v) is 4.38. The second-order valence-electron chi connectivity index (χ2n) is 3.43. The lowest BCUT2D eigenvalue weighted by Crippen LogP contribution is -2.34. The summed E-state index contributed by atoms with van der Waals surface area (Å²) in [6.45, 7) is 1.48. The lowest BCUT2D eigenvalue weighted by molar-refractivity contribution is 0.442. The minimum Gasteiger partial charge on any atom is -0.207 e. The van der Waals surface area contributed by atoms with Gasteiger partial charge in [-0.05, 0) is 19.1 Å². The van der Waals surface area contributed by atoms with Crippen LogP contribution in [0, 0.1) is 22.7 Å². The standard InChI is InChI=1S/C11H11N3O2S/c1-9(7-12)14(2)17(15,16)11-6-4-3-5-10(11)8-13/h3-6,9H,1-2H3. The van der Waals surface area contributed by atoms with Gasteiger partial charge in [0, 0.05) is 7.05 Å². The Hall–Kier alpha value is -1.89. The quantitative estimate of drug-likeness (QED) is 0.802. The molecule has 0 saturated carbocycles. The number of nitrogens with zero attached hydrogens (tertiary/aromatic N) is 3. The van der Waals surface area contributed by atoms with Crippen molar-refractivity contribution in [2.24, 2.45) is 0 Å². The van der Waals surface area contributed by atoms with E-state index in [9.17, 15) is 8.42 Å². The fourth-order valence-corrected chi connectivity index (χ4v) is 2.64. The van der Waals surface area contributed by atoms with E-state index in [4.69, 9.17) is 10.5 Å². The zero-order chi connectivity index (χ0) is 13.1. The van der Waals surface area contributed by atoms with Crippen molar-refractivity contribution in [2.75, 3.05) is 7.05 Å². The predicted octanol–water partition coefficient (Wildman–Crippen LogP) is 1.09. The second-order valence-corrected chi connectivity index (χ2v) is 5.40. The molecule has 88 valence electrons. The third-order valence-electron chi connectivity index (χ3n) is 2.40. The van der Waals surface area contributed by atoms with Gasteiger partial charge in [-0.3, -0.25) is 0 Å². The molecule has 17 heavy (non-hydrogen) atoms. The molecular weight excluding hydrogens is 238 g/mol. The maximum Gasteiger partial charge on any atom is 0.245 e. The summed E-state index contributed by atoms with van der Waals surface area (Å²) in [7, 11) is -2.49. The summed E-state index contributed by atoms with van der Waals surface area (Å²) in [5.74, 6) is 0. The van der Waals surface area contributed by atoms with Gasteiger partial charge >= 0.3 is 0 Å². The van der Waals surface area contributed by atoms with Crippen LogP contribution in [0.25, 0.3) is 0 Å². The molecule has 5 nitrogen and oxygen atoms in total. The highest BCUT2D eigenvalue weighted by molar-refractivity contribution is 7.89. The Morgan fingerprint density at radius 2 is 1.88 bits per heavy atom. The number of benzene rings is 1. The third kappa shape index (κ3) is 2.44. The van der Waals surface area contributed by atoms with Crippen LogP contribution in [0.1, 0.15) is 12.5 Å². The van der Waals surface area contributed by atoms with Crippen LogP contribution in [-0.2, 0) is 10.0 Å². The first-order chi connectivity index (χ1) is 7.95. The van der Waals surface area contributed by atoms with Gasteiger partial charge in [-0.15, -0.1) is 0 Å². The Bertz CT molecular complexity index is 596. The van der Waals surface area contributed by atoms with Crippen molar-refractivity contribution in [3.63, 3.8) is 0 Å². The molecule has 1 atom stereocenters. The second kappa shape index (κ2) is 4.96. The maximum atomic E-state index is 12.1. The zero-order valence-corrected chi connectivity index (χ0v) is 10.3. The van der Waals surface area contributed by atoms with Crippen molar-refractivity contribution in [1.82, 2.24) is 4.31 Å². The van der Waals surface area contributed by atoms with Crippen molar-refractivity contribution in [3.8, 4) is 12.1 Å². The molecule has 0 aliphatic carbocycles. The van der Waals surface area contributed by atoms with Gasteiger partial charge in [-0.1, -0.05) is 12.1 Å². The molecule has 0 saturated heterocycles. The van der Waals surface area contributed by atoms with Crippen molar-refractivity contribution in [2.45, 2.75) is 17.9 Å². The highest BCUT2D eigenvalue weighted by Crippen LogP contribution is 2.19. The van der Waals surface area contributed by atoms with Gasteiger partial charge in [0.2, 0.25) is 10.0 Å². The van der Waals surface area contributed by atoms with Crippen LogP contribution in [0.15, 0.2) is 29.2 Å². The van der Waals surface area contributed by atoms with Gasteiger partial charge in [0.05, 0.1) is 16.5 Å². The smallest absolute Gasteiger partial charge is 0.207 e. The summed E-state index contributed by atoms with van der Waals surface area (Å²) >= 11 is 0. The molecule has 0 heterocycles. The minimum absolute atomic E-state index is 0.0736. The van der Waals surface area contributed by atoms with Crippen LogP contribution < -0.4 is 0 Å². The van der Waals surface area contributed by atoms with Gasteiger partial charge in [0.25, 0.3) is 0 Å². The van der Waals surface area contributed by atoms with Crippen molar-refractivity contribution in [3.05, 3.63) is 29.8 Å². The number of hydrogen-bond donors (Lipinski definition) is 0. The summed E-state index contributed by atoms with van der Waals surface area (Å²) in [5.41, 5.74) is 0.0736. The number of nitriles is 2. The van der Waals surface area contributed by atoms with Gasteiger partial charge in [0.1, 0.15) is 12.1 Å². The van der Waals surface area contributed by atoms with Crippen LogP contribution in [0.2, 0.25) is 0 Å². The van der Waals surface area contributed by atoms with E-state index in [1.165, 1.54) is 26.1 Å². The highest BCUT2D eigenvalue weighted by Gasteiger charge is 2.27. The van der Waals surface area contributed by atoms with E-state index in [0.29, 0.717) is 0 Å². The molecule has 1 unspecified atom stereocenters. The number of hydrogen-bond acceptors (Lipinski definition) is 4. The molecule has 0 amide bonds. The predicted molar refractivity (Wildman–Crippen MR) is 61.2 cm³/mol. The molecule has 0 N–H and O–H groups in total. The van der Waals surface area contributed by atoms with Crippen LogP contribution in [0.5, 0.6) is 0 Å². The molecule has 1 aromatic rings. The Balaban J connectivity index is 3.34. The fraction of sp³-hybridized carbons (Fsp3) is 0.273. The van der Waals surface area contributed by atoms with Crippen molar-refractivity contribution < 1.29 is 8.42 Å². The van der Waals surface area contributed by atoms with E-state index in [-0.39, 0.29) is 10.5 Å². The molecule has 1 aromatic carbocycles. The lowest BCUT2D eigenvalue weighted by Gasteiger charge is -2.19. The van der Waals surface area contributed by atoms with Crippen molar-refractivity contribution >= 4 is 10.0 Å². The number of rotatable bonds is 3. The molecule has 0 aliphatic rings. The van der Waals surface area contributed by atoms with Gasteiger partial charge in [-0.25, -0.2) is 8.42 Å². The van der Waals surface area contributed by atoms with Crippen LogP contribution in [-0.4, -0.2) is 25.8 Å². The van der Waals surface area contributed by atoms with E-state index < -0.39 is 16.1 Å². The first-order valence-corrected chi connectivity index (χ1v) is 6.26. The van der Waals surface area contributed by atoms with Crippen molar-refractivity contribution in [1.29, 1.82) is 10.5 Å². The van der Waals surface area contributed by atoms with Crippen LogP contribution in [0.3, 0.4) is 0 Å². The van der Waals surface area contributed by atoms with E-state index in [2.05, 4.69) is 0 Å². The molecular formula is C11H11N3O2S. The molecule has 0 radical (unpaired) electrons. The van der Waals surface area contributed by atoms with E-state index >= 15 is 0 Å². The largest absolute Gasteiger partial charge is 0.245 e.